The lowest BCUT2D eigenvalue weighted by Crippen LogP contribution is -2.48. The summed E-state index contributed by atoms with van der Waals surface area (Å²) in [5.74, 6) is 0.103. The summed E-state index contributed by atoms with van der Waals surface area (Å²) in [5.41, 5.74) is 6.72. The molecular formula is C17H16N2O3. The summed E-state index contributed by atoms with van der Waals surface area (Å²) >= 11 is 0. The SMILES string of the molecule is O=C(Cc1ccccc1)NNC(=O)[C@@H]1Cc2ccccc2O1. The van der Waals surface area contributed by atoms with Crippen LogP contribution in [0.4, 0.5) is 0 Å². The van der Waals surface area contributed by atoms with Crippen LogP contribution in [-0.2, 0) is 22.4 Å². The summed E-state index contributed by atoms with van der Waals surface area (Å²) in [6, 6.07) is 16.9. The molecule has 0 bridgehead atoms. The minimum absolute atomic E-state index is 0.215. The highest BCUT2D eigenvalue weighted by Gasteiger charge is 2.28. The second-order valence-electron chi connectivity index (χ2n) is 5.12. The Morgan fingerprint density at radius 3 is 2.50 bits per heavy atom. The predicted octanol–water partition coefficient (Wildman–Crippen LogP) is 1.38. The Balaban J connectivity index is 1.48. The van der Waals surface area contributed by atoms with Crippen molar-refractivity contribution in [2.24, 2.45) is 0 Å². The molecular weight excluding hydrogens is 280 g/mol. The van der Waals surface area contributed by atoms with Gasteiger partial charge in [-0.1, -0.05) is 48.5 Å². The summed E-state index contributed by atoms with van der Waals surface area (Å²) in [6.45, 7) is 0. The molecule has 0 spiro atoms. The van der Waals surface area contributed by atoms with E-state index >= 15 is 0 Å². The zero-order chi connectivity index (χ0) is 15.4. The van der Waals surface area contributed by atoms with E-state index in [-0.39, 0.29) is 18.2 Å². The van der Waals surface area contributed by atoms with Crippen LogP contribution in [0, 0.1) is 0 Å². The van der Waals surface area contributed by atoms with E-state index in [1.54, 1.807) is 0 Å². The lowest BCUT2D eigenvalue weighted by atomic mass is 10.1. The lowest BCUT2D eigenvalue weighted by molar-refractivity contribution is -0.132. The first-order valence-electron chi connectivity index (χ1n) is 7.09. The molecule has 0 saturated heterocycles. The minimum atomic E-state index is -0.602. The van der Waals surface area contributed by atoms with Crippen LogP contribution in [-0.4, -0.2) is 17.9 Å². The van der Waals surface area contributed by atoms with E-state index in [2.05, 4.69) is 10.9 Å². The van der Waals surface area contributed by atoms with Gasteiger partial charge in [0, 0.05) is 6.42 Å². The number of carbonyl (C=O) groups excluding carboxylic acids is 2. The monoisotopic (exact) mass is 296 g/mol. The van der Waals surface area contributed by atoms with Gasteiger partial charge in [0.1, 0.15) is 5.75 Å². The molecule has 112 valence electrons. The number of carbonyl (C=O) groups is 2. The second kappa shape index (κ2) is 6.30. The van der Waals surface area contributed by atoms with Gasteiger partial charge in [0.25, 0.3) is 5.91 Å². The molecule has 2 amide bonds. The van der Waals surface area contributed by atoms with Gasteiger partial charge in [-0.3, -0.25) is 20.4 Å². The Morgan fingerprint density at radius 1 is 1.00 bits per heavy atom. The van der Waals surface area contributed by atoms with E-state index in [4.69, 9.17) is 4.74 Å². The topological polar surface area (TPSA) is 67.4 Å². The predicted molar refractivity (Wildman–Crippen MR) is 81.0 cm³/mol. The van der Waals surface area contributed by atoms with E-state index in [1.807, 2.05) is 54.6 Å². The standard InChI is InChI=1S/C17H16N2O3/c20-16(10-12-6-2-1-3-7-12)18-19-17(21)15-11-13-8-4-5-9-14(13)22-15/h1-9,15H,10-11H2,(H,18,20)(H,19,21)/t15-/m0/s1. The fourth-order valence-corrected chi connectivity index (χ4v) is 2.37. The molecule has 0 unspecified atom stereocenters. The first kappa shape index (κ1) is 14.1. The van der Waals surface area contributed by atoms with Crippen molar-refractivity contribution < 1.29 is 14.3 Å². The molecule has 1 aliphatic heterocycles. The molecule has 22 heavy (non-hydrogen) atoms. The van der Waals surface area contributed by atoms with Crippen LogP contribution in [0.3, 0.4) is 0 Å². The molecule has 2 N–H and O–H groups in total. The Hall–Kier alpha value is -2.82. The molecule has 1 heterocycles. The molecule has 0 fully saturated rings. The molecule has 2 aromatic rings. The van der Waals surface area contributed by atoms with Crippen LogP contribution in [0.25, 0.3) is 0 Å². The average Bonchev–Trinajstić information content (AvgIpc) is 2.98. The number of ether oxygens (including phenoxy) is 1. The molecule has 1 atom stereocenters. The summed E-state index contributed by atoms with van der Waals surface area (Å²) < 4.78 is 5.56. The van der Waals surface area contributed by atoms with Crippen molar-refractivity contribution >= 4 is 11.8 Å². The quantitative estimate of drug-likeness (QED) is 0.841. The van der Waals surface area contributed by atoms with Crippen molar-refractivity contribution in [2.45, 2.75) is 18.9 Å². The molecule has 0 aliphatic carbocycles. The number of fused-ring (bicyclic) bond motifs is 1. The van der Waals surface area contributed by atoms with Gasteiger partial charge < -0.3 is 4.74 Å². The number of amides is 2. The van der Waals surface area contributed by atoms with Gasteiger partial charge in [-0.2, -0.15) is 0 Å². The lowest BCUT2D eigenvalue weighted by Gasteiger charge is -2.12. The Bertz CT molecular complexity index is 660. The van der Waals surface area contributed by atoms with Gasteiger partial charge in [-0.05, 0) is 17.2 Å². The number of hydrogen-bond donors (Lipinski definition) is 2. The van der Waals surface area contributed by atoms with Crippen molar-refractivity contribution in [1.29, 1.82) is 0 Å². The third-order valence-electron chi connectivity index (χ3n) is 3.47. The smallest absolute Gasteiger partial charge is 0.279 e. The molecule has 2 aromatic carbocycles. The van der Waals surface area contributed by atoms with Crippen molar-refractivity contribution in [2.75, 3.05) is 0 Å². The zero-order valence-corrected chi connectivity index (χ0v) is 11.9. The van der Waals surface area contributed by atoms with Gasteiger partial charge in [-0.15, -0.1) is 0 Å². The average molecular weight is 296 g/mol. The fraction of sp³-hybridized carbons (Fsp3) is 0.176. The highest BCUT2D eigenvalue weighted by molar-refractivity contribution is 5.86. The van der Waals surface area contributed by atoms with E-state index < -0.39 is 6.10 Å². The highest BCUT2D eigenvalue weighted by atomic mass is 16.5. The summed E-state index contributed by atoms with van der Waals surface area (Å²) in [5, 5.41) is 0. The van der Waals surface area contributed by atoms with Crippen LogP contribution < -0.4 is 15.6 Å². The largest absolute Gasteiger partial charge is 0.480 e. The van der Waals surface area contributed by atoms with Crippen LogP contribution in [0.5, 0.6) is 5.75 Å². The maximum atomic E-state index is 12.0. The van der Waals surface area contributed by atoms with E-state index in [0.29, 0.717) is 6.42 Å². The van der Waals surface area contributed by atoms with Gasteiger partial charge >= 0.3 is 0 Å². The molecule has 5 heteroatoms. The van der Waals surface area contributed by atoms with Crippen LogP contribution in [0.15, 0.2) is 54.6 Å². The second-order valence-corrected chi connectivity index (χ2v) is 5.12. The number of hydrogen-bond acceptors (Lipinski definition) is 3. The van der Waals surface area contributed by atoms with Crippen molar-refractivity contribution in [3.05, 3.63) is 65.7 Å². The Labute approximate surface area is 128 Å². The minimum Gasteiger partial charge on any atom is -0.480 e. The Morgan fingerprint density at radius 2 is 1.73 bits per heavy atom. The summed E-state index contributed by atoms with van der Waals surface area (Å²) in [7, 11) is 0. The van der Waals surface area contributed by atoms with Gasteiger partial charge in [-0.25, -0.2) is 0 Å². The normalized spacial score (nSPS) is 15.5. The van der Waals surface area contributed by atoms with Crippen molar-refractivity contribution in [1.82, 2.24) is 10.9 Å². The fourth-order valence-electron chi connectivity index (χ4n) is 2.37. The van der Waals surface area contributed by atoms with Crippen LogP contribution in [0.1, 0.15) is 11.1 Å². The maximum Gasteiger partial charge on any atom is 0.279 e. The molecule has 0 aromatic heterocycles. The van der Waals surface area contributed by atoms with Crippen LogP contribution in [0.2, 0.25) is 0 Å². The van der Waals surface area contributed by atoms with Crippen molar-refractivity contribution in [3.63, 3.8) is 0 Å². The third kappa shape index (κ3) is 3.25. The summed E-state index contributed by atoms with van der Waals surface area (Å²) in [6.07, 6.45) is 0.123. The van der Waals surface area contributed by atoms with E-state index in [9.17, 15) is 9.59 Å². The molecule has 1 aliphatic rings. The maximum absolute atomic E-state index is 12.0. The Kier molecular flexibility index (Phi) is 4.05. The number of nitrogens with one attached hydrogen (secondary N) is 2. The molecule has 0 radical (unpaired) electrons. The van der Waals surface area contributed by atoms with E-state index in [1.165, 1.54) is 0 Å². The molecule has 3 rings (SSSR count). The van der Waals surface area contributed by atoms with Crippen LogP contribution >= 0.6 is 0 Å². The summed E-state index contributed by atoms with van der Waals surface area (Å²) in [4.78, 5) is 23.8. The molecule has 0 saturated carbocycles. The highest BCUT2D eigenvalue weighted by Crippen LogP contribution is 2.27. The zero-order valence-electron chi connectivity index (χ0n) is 11.9. The molecule has 5 nitrogen and oxygen atoms in total. The number of para-hydroxylation sites is 1. The first-order chi connectivity index (χ1) is 10.7. The number of hydrazine groups is 1. The van der Waals surface area contributed by atoms with E-state index in [0.717, 1.165) is 16.9 Å². The number of benzene rings is 2. The van der Waals surface area contributed by atoms with Gasteiger partial charge in [0.2, 0.25) is 5.91 Å². The van der Waals surface area contributed by atoms with Gasteiger partial charge in [0.05, 0.1) is 6.42 Å². The first-order valence-corrected chi connectivity index (χ1v) is 7.09. The number of rotatable bonds is 3. The van der Waals surface area contributed by atoms with Crippen molar-refractivity contribution in [3.8, 4) is 5.75 Å². The third-order valence-corrected chi connectivity index (χ3v) is 3.47. The van der Waals surface area contributed by atoms with Gasteiger partial charge in [0.15, 0.2) is 6.10 Å².